The monoisotopic (exact) mass is 486 g/mol. The van der Waals surface area contributed by atoms with Gasteiger partial charge in [-0.3, -0.25) is 4.79 Å². The Hall–Kier alpha value is -2.83. The predicted molar refractivity (Wildman–Crippen MR) is 122 cm³/mol. The van der Waals surface area contributed by atoms with Gasteiger partial charge in [0.25, 0.3) is 5.91 Å². The van der Waals surface area contributed by atoms with Crippen molar-refractivity contribution in [3.05, 3.63) is 93.4 Å². The molecule has 1 atom stereocenters. The van der Waals surface area contributed by atoms with Gasteiger partial charge >= 0.3 is 0 Å². The fourth-order valence-electron chi connectivity index (χ4n) is 2.56. The van der Waals surface area contributed by atoms with Gasteiger partial charge in [0.15, 0.2) is 6.10 Å². The fraction of sp³-hybridized carbons (Fsp3) is 0.130. The first-order valence-electron chi connectivity index (χ1n) is 9.22. The van der Waals surface area contributed by atoms with Crippen LogP contribution in [0, 0.1) is 0 Å². The van der Waals surface area contributed by atoms with Crippen molar-refractivity contribution in [1.82, 2.24) is 5.43 Å². The molecule has 0 bridgehead atoms. The molecule has 30 heavy (non-hydrogen) atoms. The van der Waals surface area contributed by atoms with Crippen LogP contribution in [0.1, 0.15) is 18.1 Å². The first-order valence-corrected chi connectivity index (χ1v) is 10.4. The summed E-state index contributed by atoms with van der Waals surface area (Å²) < 4.78 is 12.5. The molecule has 0 aliphatic carbocycles. The van der Waals surface area contributed by atoms with Crippen molar-refractivity contribution in [3.63, 3.8) is 0 Å². The molecule has 0 aliphatic rings. The maximum Gasteiger partial charge on any atom is 0.280 e. The number of hydrogen-bond acceptors (Lipinski definition) is 4. The number of rotatable bonds is 8. The van der Waals surface area contributed by atoms with E-state index in [9.17, 15) is 4.79 Å². The fourth-order valence-corrected chi connectivity index (χ4v) is 3.19. The van der Waals surface area contributed by atoms with Gasteiger partial charge in [0.05, 0.1) is 6.21 Å². The molecule has 0 saturated carbocycles. The second-order valence-electron chi connectivity index (χ2n) is 6.41. The summed E-state index contributed by atoms with van der Waals surface area (Å²) in [6, 6.07) is 22.2. The molecule has 154 valence electrons. The molecule has 3 aromatic carbocycles. The van der Waals surface area contributed by atoms with Gasteiger partial charge in [0.2, 0.25) is 0 Å². The standard InChI is InChI=1S/C23H20BrClN2O3/c1-16(30-21-10-5-9-20(25)13-21)23(28)27-26-14-18-7-2-3-11-22(18)29-15-17-6-4-8-19(24)12-17/h2-14,16H,15H2,1H3,(H,27,28). The van der Waals surface area contributed by atoms with Crippen LogP contribution in [0.3, 0.4) is 0 Å². The minimum Gasteiger partial charge on any atom is -0.488 e. The molecule has 3 aromatic rings. The average molecular weight is 488 g/mol. The van der Waals surface area contributed by atoms with Crippen LogP contribution in [0.25, 0.3) is 0 Å². The SMILES string of the molecule is CC(Oc1cccc(Cl)c1)C(=O)NN=Cc1ccccc1OCc1cccc(Br)c1. The van der Waals surface area contributed by atoms with E-state index in [4.69, 9.17) is 21.1 Å². The first kappa shape index (κ1) is 21.9. The van der Waals surface area contributed by atoms with Crippen molar-refractivity contribution in [2.24, 2.45) is 5.10 Å². The van der Waals surface area contributed by atoms with Gasteiger partial charge < -0.3 is 9.47 Å². The average Bonchev–Trinajstić information content (AvgIpc) is 2.73. The van der Waals surface area contributed by atoms with Gasteiger partial charge in [-0.1, -0.05) is 57.9 Å². The summed E-state index contributed by atoms with van der Waals surface area (Å²) in [5, 5.41) is 4.57. The summed E-state index contributed by atoms with van der Waals surface area (Å²) >= 11 is 9.38. The summed E-state index contributed by atoms with van der Waals surface area (Å²) in [4.78, 5) is 12.2. The highest BCUT2D eigenvalue weighted by atomic mass is 79.9. The second kappa shape index (κ2) is 10.8. The van der Waals surface area contributed by atoms with Crippen molar-refractivity contribution < 1.29 is 14.3 Å². The van der Waals surface area contributed by atoms with E-state index in [2.05, 4.69) is 26.5 Å². The molecule has 0 heterocycles. The van der Waals surface area contributed by atoms with E-state index in [1.54, 1.807) is 37.4 Å². The Labute approximate surface area is 188 Å². The summed E-state index contributed by atoms with van der Waals surface area (Å²) in [7, 11) is 0. The predicted octanol–water partition coefficient (Wildman–Crippen LogP) is 5.60. The van der Waals surface area contributed by atoms with E-state index in [1.807, 2.05) is 48.5 Å². The van der Waals surface area contributed by atoms with Gasteiger partial charge in [-0.2, -0.15) is 5.10 Å². The lowest BCUT2D eigenvalue weighted by molar-refractivity contribution is -0.127. The highest BCUT2D eigenvalue weighted by Gasteiger charge is 2.14. The molecular formula is C23H20BrClN2O3. The molecule has 0 aromatic heterocycles. The number of para-hydroxylation sites is 1. The molecule has 3 rings (SSSR count). The highest BCUT2D eigenvalue weighted by Crippen LogP contribution is 2.20. The first-order chi connectivity index (χ1) is 14.5. The maximum absolute atomic E-state index is 12.2. The Bertz CT molecular complexity index is 1040. The molecule has 1 unspecified atom stereocenters. The van der Waals surface area contributed by atoms with Crippen molar-refractivity contribution in [1.29, 1.82) is 0 Å². The van der Waals surface area contributed by atoms with E-state index >= 15 is 0 Å². The number of carbonyl (C=O) groups is 1. The molecule has 0 radical (unpaired) electrons. The lowest BCUT2D eigenvalue weighted by Gasteiger charge is -2.13. The van der Waals surface area contributed by atoms with Crippen LogP contribution < -0.4 is 14.9 Å². The molecule has 0 saturated heterocycles. The maximum atomic E-state index is 12.2. The largest absolute Gasteiger partial charge is 0.488 e. The van der Waals surface area contributed by atoms with E-state index < -0.39 is 6.10 Å². The topological polar surface area (TPSA) is 59.9 Å². The zero-order valence-electron chi connectivity index (χ0n) is 16.2. The third-order valence-corrected chi connectivity index (χ3v) is 4.79. The molecule has 5 nitrogen and oxygen atoms in total. The number of nitrogens with one attached hydrogen (secondary N) is 1. The third-order valence-electron chi connectivity index (χ3n) is 4.06. The number of halogens is 2. The molecule has 7 heteroatoms. The molecule has 0 fully saturated rings. The van der Waals surface area contributed by atoms with E-state index in [0.29, 0.717) is 23.1 Å². The van der Waals surface area contributed by atoms with Gasteiger partial charge in [0, 0.05) is 15.1 Å². The van der Waals surface area contributed by atoms with E-state index in [0.717, 1.165) is 15.6 Å². The van der Waals surface area contributed by atoms with Crippen LogP contribution in [0.2, 0.25) is 5.02 Å². The minimum atomic E-state index is -0.733. The van der Waals surface area contributed by atoms with Crippen LogP contribution in [-0.4, -0.2) is 18.2 Å². The van der Waals surface area contributed by atoms with Gasteiger partial charge in [-0.25, -0.2) is 5.43 Å². The zero-order valence-corrected chi connectivity index (χ0v) is 18.6. The van der Waals surface area contributed by atoms with E-state index in [-0.39, 0.29) is 5.91 Å². The van der Waals surface area contributed by atoms with Crippen LogP contribution in [0.15, 0.2) is 82.4 Å². The van der Waals surface area contributed by atoms with Crippen LogP contribution in [0.4, 0.5) is 0 Å². The minimum absolute atomic E-state index is 0.376. The highest BCUT2D eigenvalue weighted by molar-refractivity contribution is 9.10. The number of hydrogen-bond donors (Lipinski definition) is 1. The molecule has 1 N–H and O–H groups in total. The normalized spacial score (nSPS) is 11.8. The Morgan fingerprint density at radius 1 is 1.13 bits per heavy atom. The number of hydrazone groups is 1. The second-order valence-corrected chi connectivity index (χ2v) is 7.76. The van der Waals surface area contributed by atoms with Crippen LogP contribution in [0.5, 0.6) is 11.5 Å². The Morgan fingerprint density at radius 3 is 2.73 bits per heavy atom. The third kappa shape index (κ3) is 6.61. The number of ether oxygens (including phenoxy) is 2. The Morgan fingerprint density at radius 2 is 1.93 bits per heavy atom. The van der Waals surface area contributed by atoms with Gasteiger partial charge in [-0.15, -0.1) is 0 Å². The van der Waals surface area contributed by atoms with Gasteiger partial charge in [-0.05, 0) is 55.0 Å². The smallest absolute Gasteiger partial charge is 0.280 e. The van der Waals surface area contributed by atoms with Crippen molar-refractivity contribution in [3.8, 4) is 11.5 Å². The molecular weight excluding hydrogens is 468 g/mol. The van der Waals surface area contributed by atoms with Crippen molar-refractivity contribution >= 4 is 39.7 Å². The molecule has 0 aliphatic heterocycles. The summed E-state index contributed by atoms with van der Waals surface area (Å²) in [6.45, 7) is 2.06. The Kier molecular flexibility index (Phi) is 7.88. The van der Waals surface area contributed by atoms with Crippen molar-refractivity contribution in [2.75, 3.05) is 0 Å². The van der Waals surface area contributed by atoms with Crippen molar-refractivity contribution in [2.45, 2.75) is 19.6 Å². The lowest BCUT2D eigenvalue weighted by Crippen LogP contribution is -2.33. The van der Waals surface area contributed by atoms with Crippen LogP contribution >= 0.6 is 27.5 Å². The number of carbonyl (C=O) groups excluding carboxylic acids is 1. The molecule has 0 spiro atoms. The molecule has 1 amide bonds. The lowest BCUT2D eigenvalue weighted by atomic mass is 10.2. The van der Waals surface area contributed by atoms with Gasteiger partial charge in [0.1, 0.15) is 18.1 Å². The number of amides is 1. The summed E-state index contributed by atoms with van der Waals surface area (Å²) in [5.74, 6) is 0.804. The Balaban J connectivity index is 1.57. The van der Waals surface area contributed by atoms with E-state index in [1.165, 1.54) is 0 Å². The number of nitrogens with zero attached hydrogens (tertiary/aromatic N) is 1. The summed E-state index contributed by atoms with van der Waals surface area (Å²) in [6.07, 6.45) is 0.809. The van der Waals surface area contributed by atoms with Crippen LogP contribution in [-0.2, 0) is 11.4 Å². The zero-order chi connectivity index (χ0) is 21.3. The number of benzene rings is 3. The summed E-state index contributed by atoms with van der Waals surface area (Å²) in [5.41, 5.74) is 4.27. The quantitative estimate of drug-likeness (QED) is 0.332.